The Kier molecular flexibility index (Phi) is 6.22. The van der Waals surface area contributed by atoms with Crippen LogP contribution in [0.1, 0.15) is 41.8 Å². The van der Waals surface area contributed by atoms with Gasteiger partial charge in [0, 0.05) is 19.2 Å². The summed E-state index contributed by atoms with van der Waals surface area (Å²) in [5.74, 6) is -0.165. The van der Waals surface area contributed by atoms with Crippen LogP contribution in [0.2, 0.25) is 10.0 Å². The second-order valence-electron chi connectivity index (χ2n) is 6.22. The van der Waals surface area contributed by atoms with Gasteiger partial charge in [-0.3, -0.25) is 9.59 Å². The fourth-order valence-corrected chi connectivity index (χ4v) is 3.16. The van der Waals surface area contributed by atoms with E-state index in [1.165, 1.54) is 12.3 Å². The molecule has 5 nitrogen and oxygen atoms in total. The van der Waals surface area contributed by atoms with E-state index < -0.39 is 5.43 Å². The van der Waals surface area contributed by atoms with E-state index in [0.29, 0.717) is 23.1 Å². The molecule has 1 aromatic heterocycles. The summed E-state index contributed by atoms with van der Waals surface area (Å²) in [7, 11) is 0. The predicted octanol–water partition coefficient (Wildman–Crippen LogP) is 4.54. The van der Waals surface area contributed by atoms with Crippen molar-refractivity contribution in [3.63, 3.8) is 0 Å². The van der Waals surface area contributed by atoms with E-state index in [1.807, 2.05) is 0 Å². The summed E-state index contributed by atoms with van der Waals surface area (Å²) < 4.78 is 10.8. The van der Waals surface area contributed by atoms with E-state index in [0.717, 1.165) is 31.2 Å². The standard InChI is InChI=1S/C19H19Cl2NO4/c20-14-6-5-13(9-15(14)21)11-25-18-12-26-17(10-16(18)23)19(24)22-7-3-1-2-4-8-22/h5-6,9-10,12H,1-4,7-8,11H2. The Morgan fingerprint density at radius 1 is 1.08 bits per heavy atom. The molecule has 0 aliphatic carbocycles. The van der Waals surface area contributed by atoms with Crippen molar-refractivity contribution in [3.05, 3.63) is 62.1 Å². The fraction of sp³-hybridized carbons (Fsp3) is 0.368. The third-order valence-electron chi connectivity index (χ3n) is 4.28. The Bertz CT molecular complexity index is 842. The molecule has 1 fully saturated rings. The number of amides is 1. The zero-order valence-corrected chi connectivity index (χ0v) is 15.7. The number of hydrogen-bond donors (Lipinski definition) is 0. The van der Waals surface area contributed by atoms with Gasteiger partial charge in [0.25, 0.3) is 5.91 Å². The van der Waals surface area contributed by atoms with Gasteiger partial charge in [-0.05, 0) is 30.5 Å². The molecule has 2 aromatic rings. The van der Waals surface area contributed by atoms with Gasteiger partial charge in [-0.1, -0.05) is 42.1 Å². The number of carbonyl (C=O) groups excluding carboxylic acids is 1. The molecular formula is C19H19Cl2NO4. The highest BCUT2D eigenvalue weighted by Gasteiger charge is 2.20. The van der Waals surface area contributed by atoms with Gasteiger partial charge in [-0.25, -0.2) is 0 Å². The molecule has 1 aromatic carbocycles. The van der Waals surface area contributed by atoms with Gasteiger partial charge in [0.15, 0.2) is 5.76 Å². The lowest BCUT2D eigenvalue weighted by Gasteiger charge is -2.19. The van der Waals surface area contributed by atoms with Crippen LogP contribution in [0.15, 0.2) is 39.7 Å². The van der Waals surface area contributed by atoms with Crippen molar-refractivity contribution in [1.29, 1.82) is 0 Å². The molecule has 0 unspecified atom stereocenters. The lowest BCUT2D eigenvalue weighted by Crippen LogP contribution is -2.32. The Morgan fingerprint density at radius 2 is 1.81 bits per heavy atom. The maximum atomic E-state index is 12.5. The lowest BCUT2D eigenvalue weighted by molar-refractivity contribution is 0.0726. The van der Waals surface area contributed by atoms with Crippen LogP contribution in [0.4, 0.5) is 0 Å². The van der Waals surface area contributed by atoms with Crippen LogP contribution in [-0.4, -0.2) is 23.9 Å². The Hall–Kier alpha value is -1.98. The SMILES string of the molecule is O=C(c1cc(=O)c(OCc2ccc(Cl)c(Cl)c2)co1)N1CCCCCC1. The molecule has 0 atom stereocenters. The van der Waals surface area contributed by atoms with Gasteiger partial charge in [-0.15, -0.1) is 0 Å². The van der Waals surface area contributed by atoms with Crippen LogP contribution < -0.4 is 10.2 Å². The molecule has 0 N–H and O–H groups in total. The molecule has 1 aliphatic rings. The predicted molar refractivity (Wildman–Crippen MR) is 100 cm³/mol. The maximum Gasteiger partial charge on any atom is 0.289 e. The summed E-state index contributed by atoms with van der Waals surface area (Å²) in [5, 5.41) is 0.865. The zero-order valence-electron chi connectivity index (χ0n) is 14.2. The van der Waals surface area contributed by atoms with Gasteiger partial charge < -0.3 is 14.1 Å². The average molecular weight is 396 g/mol. The van der Waals surface area contributed by atoms with Crippen LogP contribution >= 0.6 is 23.2 Å². The van der Waals surface area contributed by atoms with Gasteiger partial charge in [-0.2, -0.15) is 0 Å². The Balaban J connectivity index is 1.67. The molecule has 7 heteroatoms. The van der Waals surface area contributed by atoms with Crippen molar-refractivity contribution in [1.82, 2.24) is 4.90 Å². The first-order chi connectivity index (χ1) is 12.5. The number of ether oxygens (including phenoxy) is 1. The van der Waals surface area contributed by atoms with Gasteiger partial charge in [0.2, 0.25) is 11.2 Å². The maximum absolute atomic E-state index is 12.5. The summed E-state index contributed by atoms with van der Waals surface area (Å²) in [6.45, 7) is 1.53. The molecule has 0 saturated carbocycles. The van der Waals surface area contributed by atoms with E-state index >= 15 is 0 Å². The largest absolute Gasteiger partial charge is 0.482 e. The molecule has 2 heterocycles. The number of likely N-dealkylation sites (tertiary alicyclic amines) is 1. The van der Waals surface area contributed by atoms with Crippen molar-refractivity contribution in [3.8, 4) is 5.75 Å². The first kappa shape index (κ1) is 18.8. The van der Waals surface area contributed by atoms with E-state index in [4.69, 9.17) is 32.4 Å². The minimum atomic E-state index is -0.394. The van der Waals surface area contributed by atoms with Crippen LogP contribution in [-0.2, 0) is 6.61 Å². The number of carbonyl (C=O) groups is 1. The van der Waals surface area contributed by atoms with Crippen LogP contribution in [0.3, 0.4) is 0 Å². The Morgan fingerprint density at radius 3 is 2.46 bits per heavy atom. The van der Waals surface area contributed by atoms with Crippen molar-refractivity contribution >= 4 is 29.1 Å². The topological polar surface area (TPSA) is 59.8 Å². The summed E-state index contributed by atoms with van der Waals surface area (Å²) in [4.78, 5) is 26.5. The molecule has 0 bridgehead atoms. The number of hydrogen-bond acceptors (Lipinski definition) is 4. The first-order valence-electron chi connectivity index (χ1n) is 8.53. The van der Waals surface area contributed by atoms with Gasteiger partial charge in [0.05, 0.1) is 10.0 Å². The number of nitrogens with zero attached hydrogens (tertiary/aromatic N) is 1. The monoisotopic (exact) mass is 395 g/mol. The molecule has 1 amide bonds. The number of benzene rings is 1. The van der Waals surface area contributed by atoms with E-state index in [1.54, 1.807) is 23.1 Å². The van der Waals surface area contributed by atoms with Crippen molar-refractivity contribution in [2.45, 2.75) is 32.3 Å². The molecule has 0 radical (unpaired) electrons. The third-order valence-corrected chi connectivity index (χ3v) is 5.02. The summed E-state index contributed by atoms with van der Waals surface area (Å²) >= 11 is 11.8. The minimum absolute atomic E-state index is 0.0405. The number of rotatable bonds is 4. The minimum Gasteiger partial charge on any atom is -0.482 e. The third kappa shape index (κ3) is 4.59. The van der Waals surface area contributed by atoms with E-state index in [2.05, 4.69) is 0 Å². The van der Waals surface area contributed by atoms with E-state index in [-0.39, 0.29) is 24.0 Å². The molecule has 0 spiro atoms. The summed E-state index contributed by atoms with van der Waals surface area (Å²) in [6.07, 6.45) is 5.37. The smallest absolute Gasteiger partial charge is 0.289 e. The average Bonchev–Trinajstić information content (AvgIpc) is 2.92. The quantitative estimate of drug-likeness (QED) is 0.761. The van der Waals surface area contributed by atoms with E-state index in [9.17, 15) is 9.59 Å². The molecular weight excluding hydrogens is 377 g/mol. The molecule has 26 heavy (non-hydrogen) atoms. The van der Waals surface area contributed by atoms with Gasteiger partial charge in [0.1, 0.15) is 12.9 Å². The highest BCUT2D eigenvalue weighted by Crippen LogP contribution is 2.23. The highest BCUT2D eigenvalue weighted by molar-refractivity contribution is 6.42. The number of halogens is 2. The van der Waals surface area contributed by atoms with Gasteiger partial charge >= 0.3 is 0 Å². The highest BCUT2D eigenvalue weighted by atomic mass is 35.5. The molecule has 3 rings (SSSR count). The molecule has 1 aliphatic heterocycles. The second kappa shape index (κ2) is 8.60. The van der Waals surface area contributed by atoms with Crippen LogP contribution in [0.5, 0.6) is 5.75 Å². The van der Waals surface area contributed by atoms with Crippen molar-refractivity contribution in [2.75, 3.05) is 13.1 Å². The lowest BCUT2D eigenvalue weighted by atomic mass is 10.2. The zero-order chi connectivity index (χ0) is 18.5. The summed E-state index contributed by atoms with van der Waals surface area (Å²) in [5.41, 5.74) is 0.373. The van der Waals surface area contributed by atoms with Crippen molar-refractivity contribution in [2.24, 2.45) is 0 Å². The fourth-order valence-electron chi connectivity index (χ4n) is 2.84. The van der Waals surface area contributed by atoms with Crippen molar-refractivity contribution < 1.29 is 13.9 Å². The second-order valence-corrected chi connectivity index (χ2v) is 7.03. The van der Waals surface area contributed by atoms with Crippen LogP contribution in [0, 0.1) is 0 Å². The Labute approximate surface area is 161 Å². The normalized spacial score (nSPS) is 14.8. The summed E-state index contributed by atoms with van der Waals surface area (Å²) in [6, 6.07) is 6.28. The first-order valence-corrected chi connectivity index (χ1v) is 9.29. The van der Waals surface area contributed by atoms with Crippen LogP contribution in [0.25, 0.3) is 0 Å². The molecule has 138 valence electrons. The molecule has 1 saturated heterocycles.